The molecule has 7 nitrogen and oxygen atoms in total. The molecule has 1 heterocycles. The molecule has 1 amide bonds. The van der Waals surface area contributed by atoms with Crippen LogP contribution in [0.5, 0.6) is 5.75 Å². The van der Waals surface area contributed by atoms with E-state index in [1.54, 1.807) is 0 Å². The Morgan fingerprint density at radius 2 is 2.00 bits per heavy atom. The molecule has 0 aliphatic carbocycles. The highest BCUT2D eigenvalue weighted by molar-refractivity contribution is 5.94. The van der Waals surface area contributed by atoms with Gasteiger partial charge >= 0.3 is 6.11 Å². The van der Waals surface area contributed by atoms with E-state index in [0.29, 0.717) is 12.5 Å². The fraction of sp³-hybridized carbons (Fsp3) is 0.211. The summed E-state index contributed by atoms with van der Waals surface area (Å²) in [5.41, 5.74) is 0.506. The molecule has 2 aromatic carbocycles. The summed E-state index contributed by atoms with van der Waals surface area (Å²) in [5, 5.41) is 15.8. The van der Waals surface area contributed by atoms with Crippen LogP contribution < -0.4 is 10.1 Å². The number of aromatic nitrogens is 2. The summed E-state index contributed by atoms with van der Waals surface area (Å²) in [4.78, 5) is 16.3. The topological polar surface area (TPSA) is 97.5 Å². The number of rotatable bonds is 7. The molecular weight excluding hydrogens is 391 g/mol. The van der Waals surface area contributed by atoms with Gasteiger partial charge in [0.15, 0.2) is 0 Å². The van der Waals surface area contributed by atoms with E-state index in [1.807, 2.05) is 0 Å². The van der Waals surface area contributed by atoms with Crippen LogP contribution in [0, 0.1) is 5.82 Å². The Labute approximate surface area is 163 Å². The average Bonchev–Trinajstić information content (AvgIpc) is 3.15. The molecule has 1 atom stereocenters. The van der Waals surface area contributed by atoms with Gasteiger partial charge in [-0.15, -0.1) is 0 Å². The fourth-order valence-corrected chi connectivity index (χ4v) is 2.43. The number of nitrogens with zero attached hydrogens (tertiary/aromatic N) is 2. The minimum absolute atomic E-state index is 0.0411. The molecule has 1 aromatic heterocycles. The maximum Gasteiger partial charge on any atom is 0.394 e. The highest BCUT2D eigenvalue weighted by Gasteiger charge is 2.24. The van der Waals surface area contributed by atoms with Gasteiger partial charge in [-0.25, -0.2) is 4.39 Å². The number of carbonyl (C=O) groups excluding carboxylic acids is 1. The Bertz CT molecular complexity index is 987. The molecule has 3 rings (SSSR count). The van der Waals surface area contributed by atoms with Gasteiger partial charge in [0.1, 0.15) is 17.6 Å². The SMILES string of the molecule is CC(F)(F)Oc1ccc(-c2noc([C@H](CO)NC(=O)c3cccc(F)c3)n2)cc1. The van der Waals surface area contributed by atoms with Gasteiger partial charge in [0.05, 0.1) is 6.61 Å². The van der Waals surface area contributed by atoms with Gasteiger partial charge in [-0.1, -0.05) is 11.2 Å². The Kier molecular flexibility index (Phi) is 5.83. The molecule has 2 N–H and O–H groups in total. The van der Waals surface area contributed by atoms with Gasteiger partial charge in [0, 0.05) is 18.1 Å². The second kappa shape index (κ2) is 8.31. The number of aliphatic hydroxyl groups is 1. The van der Waals surface area contributed by atoms with Crippen molar-refractivity contribution in [3.05, 3.63) is 65.8 Å². The molecule has 0 bridgehead atoms. The van der Waals surface area contributed by atoms with Crippen LogP contribution in [0.3, 0.4) is 0 Å². The van der Waals surface area contributed by atoms with Crippen LogP contribution in [0.4, 0.5) is 13.2 Å². The van der Waals surface area contributed by atoms with Crippen LogP contribution >= 0.6 is 0 Å². The number of benzene rings is 2. The zero-order valence-electron chi connectivity index (χ0n) is 15.1. The molecule has 0 fully saturated rings. The standard InChI is InChI=1S/C19H16F3N3O4/c1-19(21,22)28-14-7-5-11(6-8-14)16-24-18(29-25-16)15(10-26)23-17(27)12-3-2-4-13(20)9-12/h2-9,15,26H,10H2,1H3,(H,23,27)/t15-/m0/s1. The van der Waals surface area contributed by atoms with E-state index in [4.69, 9.17) is 4.52 Å². The normalized spacial score (nSPS) is 12.4. The van der Waals surface area contributed by atoms with Gasteiger partial charge < -0.3 is 19.7 Å². The molecule has 0 spiro atoms. The number of halogens is 3. The molecule has 0 aliphatic heterocycles. The Balaban J connectivity index is 1.72. The Hall–Kier alpha value is -3.40. The van der Waals surface area contributed by atoms with Crippen molar-refractivity contribution in [3.8, 4) is 17.1 Å². The second-order valence-corrected chi connectivity index (χ2v) is 6.11. The number of hydrogen-bond acceptors (Lipinski definition) is 6. The minimum atomic E-state index is -3.31. The Morgan fingerprint density at radius 3 is 2.62 bits per heavy atom. The summed E-state index contributed by atoms with van der Waals surface area (Å²) < 4.78 is 48.5. The molecule has 152 valence electrons. The first-order valence-corrected chi connectivity index (χ1v) is 8.43. The molecule has 29 heavy (non-hydrogen) atoms. The second-order valence-electron chi connectivity index (χ2n) is 6.11. The third kappa shape index (κ3) is 5.32. The van der Waals surface area contributed by atoms with Crippen LogP contribution in [0.15, 0.2) is 53.1 Å². The monoisotopic (exact) mass is 407 g/mol. The van der Waals surface area contributed by atoms with Crippen molar-refractivity contribution in [2.45, 2.75) is 19.1 Å². The average molecular weight is 407 g/mol. The number of nitrogens with one attached hydrogen (secondary N) is 1. The van der Waals surface area contributed by atoms with Gasteiger partial charge in [-0.05, 0) is 42.5 Å². The van der Waals surface area contributed by atoms with Crippen LogP contribution in [0.25, 0.3) is 11.4 Å². The van der Waals surface area contributed by atoms with Crippen LogP contribution in [-0.2, 0) is 0 Å². The maximum atomic E-state index is 13.3. The van der Waals surface area contributed by atoms with E-state index in [2.05, 4.69) is 20.2 Å². The number of hydrogen-bond donors (Lipinski definition) is 2. The molecule has 0 unspecified atom stereocenters. The van der Waals surface area contributed by atoms with Gasteiger partial charge in [-0.3, -0.25) is 4.79 Å². The highest BCUT2D eigenvalue weighted by atomic mass is 19.3. The summed E-state index contributed by atoms with van der Waals surface area (Å²) in [5.74, 6) is -1.21. The van der Waals surface area contributed by atoms with E-state index in [9.17, 15) is 23.1 Å². The summed E-state index contributed by atoms with van der Waals surface area (Å²) in [6, 6.07) is 9.56. The van der Waals surface area contributed by atoms with Crippen molar-refractivity contribution in [3.63, 3.8) is 0 Å². The van der Waals surface area contributed by atoms with E-state index in [-0.39, 0.29) is 23.0 Å². The first-order chi connectivity index (χ1) is 13.7. The lowest BCUT2D eigenvalue weighted by molar-refractivity contribution is -0.158. The van der Waals surface area contributed by atoms with E-state index in [0.717, 1.165) is 6.07 Å². The number of carbonyl (C=O) groups is 1. The molecular formula is C19H16F3N3O4. The summed E-state index contributed by atoms with van der Waals surface area (Å²) >= 11 is 0. The number of amides is 1. The number of alkyl halides is 2. The number of ether oxygens (including phenoxy) is 1. The third-order valence-corrected chi connectivity index (χ3v) is 3.72. The summed E-state index contributed by atoms with van der Waals surface area (Å²) in [7, 11) is 0. The molecule has 3 aromatic rings. The summed E-state index contributed by atoms with van der Waals surface area (Å²) in [6.07, 6.45) is -3.31. The van der Waals surface area contributed by atoms with Gasteiger partial charge in [0.2, 0.25) is 5.82 Å². The predicted molar refractivity (Wildman–Crippen MR) is 94.7 cm³/mol. The maximum absolute atomic E-state index is 13.3. The van der Waals surface area contributed by atoms with Crippen molar-refractivity contribution < 1.29 is 32.3 Å². The molecule has 10 heteroatoms. The van der Waals surface area contributed by atoms with Crippen molar-refractivity contribution >= 4 is 5.91 Å². The smallest absolute Gasteiger partial charge is 0.394 e. The van der Waals surface area contributed by atoms with Gasteiger partial charge in [-0.2, -0.15) is 13.8 Å². The largest absolute Gasteiger partial charge is 0.433 e. The van der Waals surface area contributed by atoms with Crippen LogP contribution in [-0.4, -0.2) is 33.9 Å². The third-order valence-electron chi connectivity index (χ3n) is 3.72. The zero-order chi connectivity index (χ0) is 21.0. The fourth-order valence-electron chi connectivity index (χ4n) is 2.43. The Morgan fingerprint density at radius 1 is 1.28 bits per heavy atom. The van der Waals surface area contributed by atoms with Crippen molar-refractivity contribution in [1.29, 1.82) is 0 Å². The number of aliphatic hydroxyl groups excluding tert-OH is 1. The van der Waals surface area contributed by atoms with Crippen molar-refractivity contribution in [1.82, 2.24) is 15.5 Å². The van der Waals surface area contributed by atoms with Gasteiger partial charge in [0.25, 0.3) is 11.8 Å². The molecule has 0 saturated carbocycles. The lowest BCUT2D eigenvalue weighted by atomic mass is 10.2. The predicted octanol–water partition coefficient (Wildman–Crippen LogP) is 3.33. The quantitative estimate of drug-likeness (QED) is 0.624. The van der Waals surface area contributed by atoms with E-state index in [1.165, 1.54) is 42.5 Å². The first kappa shape index (κ1) is 20.3. The van der Waals surface area contributed by atoms with Crippen molar-refractivity contribution in [2.24, 2.45) is 0 Å². The summed E-state index contributed by atoms with van der Waals surface area (Å²) in [6.45, 7) is 0.0839. The van der Waals surface area contributed by atoms with Crippen LogP contribution in [0.2, 0.25) is 0 Å². The lowest BCUT2D eigenvalue weighted by Gasteiger charge is -2.12. The highest BCUT2D eigenvalue weighted by Crippen LogP contribution is 2.25. The molecule has 0 saturated heterocycles. The van der Waals surface area contributed by atoms with E-state index >= 15 is 0 Å². The van der Waals surface area contributed by atoms with Crippen LogP contribution in [0.1, 0.15) is 29.2 Å². The lowest BCUT2D eigenvalue weighted by Crippen LogP contribution is -2.31. The molecule has 0 aliphatic rings. The van der Waals surface area contributed by atoms with E-state index < -0.39 is 30.5 Å². The molecule has 0 radical (unpaired) electrons. The first-order valence-electron chi connectivity index (χ1n) is 8.43. The van der Waals surface area contributed by atoms with Crippen molar-refractivity contribution in [2.75, 3.05) is 6.61 Å². The zero-order valence-corrected chi connectivity index (χ0v) is 15.1. The minimum Gasteiger partial charge on any atom is -0.433 e.